The van der Waals surface area contributed by atoms with Crippen LogP contribution in [0, 0.1) is 11.3 Å². The van der Waals surface area contributed by atoms with Crippen molar-refractivity contribution in [2.75, 3.05) is 5.32 Å². The normalized spacial score (nSPS) is 11.5. The number of anilines is 1. The molecule has 4 nitrogen and oxygen atoms in total. The van der Waals surface area contributed by atoms with Crippen molar-refractivity contribution in [1.82, 2.24) is 0 Å². The first-order valence-corrected chi connectivity index (χ1v) is 7.19. The van der Waals surface area contributed by atoms with Gasteiger partial charge >= 0.3 is 0 Å². The molecule has 0 aliphatic heterocycles. The summed E-state index contributed by atoms with van der Waals surface area (Å²) < 4.78 is 0.783. The van der Waals surface area contributed by atoms with Crippen LogP contribution in [-0.2, 0) is 11.2 Å². The molecule has 1 amide bonds. The van der Waals surface area contributed by atoms with Gasteiger partial charge in [0.25, 0.3) is 0 Å². The number of nitrogens with two attached hydrogens (primary N) is 1. The third-order valence-electron chi connectivity index (χ3n) is 3.00. The number of nitrogens with zero attached hydrogens (tertiary/aromatic N) is 1. The van der Waals surface area contributed by atoms with Crippen molar-refractivity contribution in [3.63, 3.8) is 0 Å². The van der Waals surface area contributed by atoms with E-state index in [1.165, 1.54) is 0 Å². The third-order valence-corrected chi connectivity index (χ3v) is 3.49. The highest BCUT2D eigenvalue weighted by molar-refractivity contribution is 9.10. The first-order valence-electron chi connectivity index (χ1n) is 6.40. The molecule has 2 aromatic rings. The lowest BCUT2D eigenvalue weighted by Crippen LogP contribution is -2.37. The largest absolute Gasteiger partial charge is 0.324 e. The van der Waals surface area contributed by atoms with Gasteiger partial charge in [-0.25, -0.2) is 0 Å². The molecule has 5 heteroatoms. The van der Waals surface area contributed by atoms with E-state index in [4.69, 9.17) is 11.0 Å². The maximum Gasteiger partial charge on any atom is 0.241 e. The van der Waals surface area contributed by atoms with E-state index >= 15 is 0 Å². The second kappa shape index (κ2) is 7.02. The molecule has 3 N–H and O–H groups in total. The quantitative estimate of drug-likeness (QED) is 0.895. The molecule has 0 fully saturated rings. The summed E-state index contributed by atoms with van der Waals surface area (Å²) in [7, 11) is 0. The number of rotatable bonds is 4. The highest BCUT2D eigenvalue weighted by atomic mass is 79.9. The van der Waals surface area contributed by atoms with Crippen molar-refractivity contribution in [3.05, 3.63) is 64.1 Å². The van der Waals surface area contributed by atoms with E-state index in [-0.39, 0.29) is 5.91 Å². The SMILES string of the molecule is N#Cc1cc(Br)ccc1NC(=O)C(N)Cc1ccccc1. The van der Waals surface area contributed by atoms with Crippen LogP contribution in [0.3, 0.4) is 0 Å². The Morgan fingerprint density at radius 2 is 2.00 bits per heavy atom. The molecular weight excluding hydrogens is 330 g/mol. The Morgan fingerprint density at radius 3 is 2.67 bits per heavy atom. The number of nitriles is 1. The van der Waals surface area contributed by atoms with Gasteiger partial charge in [0.1, 0.15) is 6.07 Å². The molecule has 0 bridgehead atoms. The molecule has 1 atom stereocenters. The number of hydrogen-bond acceptors (Lipinski definition) is 3. The average Bonchev–Trinajstić information content (AvgIpc) is 2.49. The van der Waals surface area contributed by atoms with Gasteiger partial charge in [-0.3, -0.25) is 4.79 Å². The molecule has 21 heavy (non-hydrogen) atoms. The summed E-state index contributed by atoms with van der Waals surface area (Å²) in [5, 5.41) is 11.8. The standard InChI is InChI=1S/C16H14BrN3O/c17-13-6-7-15(12(9-13)10-18)20-16(21)14(19)8-11-4-2-1-3-5-11/h1-7,9,14H,8,19H2,(H,20,21). The van der Waals surface area contributed by atoms with E-state index in [0.717, 1.165) is 10.0 Å². The number of amides is 1. The smallest absolute Gasteiger partial charge is 0.241 e. The number of halogens is 1. The van der Waals surface area contributed by atoms with Crippen molar-refractivity contribution < 1.29 is 4.79 Å². The van der Waals surface area contributed by atoms with Gasteiger partial charge in [0.05, 0.1) is 17.3 Å². The monoisotopic (exact) mass is 343 g/mol. The van der Waals surface area contributed by atoms with Crippen molar-refractivity contribution in [2.24, 2.45) is 5.73 Å². The summed E-state index contributed by atoms with van der Waals surface area (Å²) in [4.78, 5) is 12.1. The zero-order valence-electron chi connectivity index (χ0n) is 11.2. The van der Waals surface area contributed by atoms with E-state index in [2.05, 4.69) is 21.2 Å². The van der Waals surface area contributed by atoms with Gasteiger partial charge in [0.2, 0.25) is 5.91 Å². The van der Waals surface area contributed by atoms with E-state index in [9.17, 15) is 4.79 Å². The third kappa shape index (κ3) is 4.15. The second-order valence-electron chi connectivity index (χ2n) is 4.59. The average molecular weight is 344 g/mol. The summed E-state index contributed by atoms with van der Waals surface area (Å²) in [6.45, 7) is 0. The lowest BCUT2D eigenvalue weighted by molar-refractivity contribution is -0.117. The predicted molar refractivity (Wildman–Crippen MR) is 85.6 cm³/mol. The Kier molecular flexibility index (Phi) is 5.09. The molecule has 0 spiro atoms. The molecule has 0 radical (unpaired) electrons. The van der Waals surface area contributed by atoms with Crippen molar-refractivity contribution in [1.29, 1.82) is 5.26 Å². The van der Waals surface area contributed by atoms with Gasteiger partial charge in [0, 0.05) is 4.47 Å². The Bertz CT molecular complexity index is 680. The lowest BCUT2D eigenvalue weighted by atomic mass is 10.1. The molecule has 2 aromatic carbocycles. The van der Waals surface area contributed by atoms with Crippen LogP contribution in [0.5, 0.6) is 0 Å². The van der Waals surface area contributed by atoms with Crippen molar-refractivity contribution >= 4 is 27.5 Å². The van der Waals surface area contributed by atoms with Crippen LogP contribution in [0.1, 0.15) is 11.1 Å². The molecular formula is C16H14BrN3O. The molecule has 106 valence electrons. The fourth-order valence-corrected chi connectivity index (χ4v) is 2.27. The fourth-order valence-electron chi connectivity index (χ4n) is 1.90. The maximum absolute atomic E-state index is 12.1. The van der Waals surface area contributed by atoms with E-state index in [0.29, 0.717) is 17.7 Å². The van der Waals surface area contributed by atoms with E-state index in [1.807, 2.05) is 36.4 Å². The maximum atomic E-state index is 12.1. The second-order valence-corrected chi connectivity index (χ2v) is 5.50. The highest BCUT2D eigenvalue weighted by Crippen LogP contribution is 2.20. The van der Waals surface area contributed by atoms with Gasteiger partial charge in [-0.15, -0.1) is 0 Å². The van der Waals surface area contributed by atoms with Crippen LogP contribution in [0.15, 0.2) is 53.0 Å². The fraction of sp³-hybridized carbons (Fsp3) is 0.125. The number of nitrogens with one attached hydrogen (secondary N) is 1. The Balaban J connectivity index is 2.06. The van der Waals surface area contributed by atoms with Crippen LogP contribution >= 0.6 is 15.9 Å². The number of benzene rings is 2. The molecule has 1 unspecified atom stereocenters. The topological polar surface area (TPSA) is 78.9 Å². The predicted octanol–water partition coefficient (Wildman–Crippen LogP) is 2.83. The molecule has 0 saturated carbocycles. The molecule has 0 aliphatic rings. The molecule has 2 rings (SSSR count). The zero-order valence-corrected chi connectivity index (χ0v) is 12.8. The van der Waals surface area contributed by atoms with Crippen LogP contribution < -0.4 is 11.1 Å². The van der Waals surface area contributed by atoms with Crippen molar-refractivity contribution in [2.45, 2.75) is 12.5 Å². The van der Waals surface area contributed by atoms with Crippen LogP contribution in [0.4, 0.5) is 5.69 Å². The number of carbonyl (C=O) groups is 1. The van der Waals surface area contributed by atoms with Gasteiger partial charge in [-0.1, -0.05) is 46.3 Å². The minimum Gasteiger partial charge on any atom is -0.324 e. The summed E-state index contributed by atoms with van der Waals surface area (Å²) in [6, 6.07) is 16.0. The zero-order chi connectivity index (χ0) is 15.2. The van der Waals surface area contributed by atoms with Crippen LogP contribution in [0.25, 0.3) is 0 Å². The van der Waals surface area contributed by atoms with Crippen LogP contribution in [0.2, 0.25) is 0 Å². The number of hydrogen-bond donors (Lipinski definition) is 2. The van der Waals surface area contributed by atoms with E-state index in [1.54, 1.807) is 18.2 Å². The Labute approximate surface area is 131 Å². The molecule has 0 saturated heterocycles. The minimum atomic E-state index is -0.664. The number of carbonyl (C=O) groups excluding carboxylic acids is 1. The van der Waals surface area contributed by atoms with Gasteiger partial charge < -0.3 is 11.1 Å². The van der Waals surface area contributed by atoms with Gasteiger partial charge in [-0.05, 0) is 30.2 Å². The van der Waals surface area contributed by atoms with Crippen LogP contribution in [-0.4, -0.2) is 11.9 Å². The lowest BCUT2D eigenvalue weighted by Gasteiger charge is -2.13. The minimum absolute atomic E-state index is 0.308. The molecule has 0 aromatic heterocycles. The van der Waals surface area contributed by atoms with Gasteiger partial charge in [0.15, 0.2) is 0 Å². The Hall–Kier alpha value is -2.16. The summed E-state index contributed by atoms with van der Waals surface area (Å²) in [5.74, 6) is -0.308. The summed E-state index contributed by atoms with van der Waals surface area (Å²) in [6.07, 6.45) is 0.449. The van der Waals surface area contributed by atoms with E-state index < -0.39 is 6.04 Å². The first-order chi connectivity index (χ1) is 10.1. The summed E-state index contributed by atoms with van der Waals surface area (Å²) >= 11 is 3.29. The first kappa shape index (κ1) is 15.2. The van der Waals surface area contributed by atoms with Gasteiger partial charge in [-0.2, -0.15) is 5.26 Å². The Morgan fingerprint density at radius 1 is 1.29 bits per heavy atom. The molecule has 0 aliphatic carbocycles. The van der Waals surface area contributed by atoms with Crippen molar-refractivity contribution in [3.8, 4) is 6.07 Å². The molecule has 0 heterocycles. The highest BCUT2D eigenvalue weighted by Gasteiger charge is 2.15. The summed E-state index contributed by atoms with van der Waals surface area (Å²) in [5.41, 5.74) is 7.77.